The van der Waals surface area contributed by atoms with Crippen LogP contribution in [-0.4, -0.2) is 23.0 Å². The molecule has 2 N–H and O–H groups in total. The quantitative estimate of drug-likeness (QED) is 0.670. The number of nitrogens with one attached hydrogen (secondary N) is 1. The van der Waals surface area contributed by atoms with Gasteiger partial charge in [0.15, 0.2) is 6.23 Å². The number of rotatable bonds is 4. The van der Waals surface area contributed by atoms with Crippen LogP contribution >= 0.6 is 11.6 Å². The summed E-state index contributed by atoms with van der Waals surface area (Å²) in [5, 5.41) is 12.5. The second-order valence-electron chi connectivity index (χ2n) is 4.11. The van der Waals surface area contributed by atoms with E-state index in [0.717, 1.165) is 0 Å². The standard InChI is InChI=1S/C15H12ClNO3/c16-12-8-6-11(7-9-12)14(19)17-15(20)13(18)10-4-2-1-3-5-10/h1-9,15,20H,(H,17,19)/t15-/m1/s1. The summed E-state index contributed by atoms with van der Waals surface area (Å²) in [6.45, 7) is 0. The molecule has 4 nitrogen and oxygen atoms in total. The molecule has 0 saturated carbocycles. The van der Waals surface area contributed by atoms with Crippen molar-refractivity contribution in [2.75, 3.05) is 0 Å². The van der Waals surface area contributed by atoms with Crippen LogP contribution in [0.2, 0.25) is 5.02 Å². The molecule has 0 aromatic heterocycles. The van der Waals surface area contributed by atoms with E-state index in [4.69, 9.17) is 11.6 Å². The van der Waals surface area contributed by atoms with Gasteiger partial charge in [-0.3, -0.25) is 9.59 Å². The Kier molecular flexibility index (Phi) is 4.50. The van der Waals surface area contributed by atoms with Crippen LogP contribution in [0.3, 0.4) is 0 Å². The highest BCUT2D eigenvalue weighted by atomic mass is 35.5. The molecule has 2 aromatic carbocycles. The van der Waals surface area contributed by atoms with Crippen molar-refractivity contribution in [1.29, 1.82) is 0 Å². The summed E-state index contributed by atoms with van der Waals surface area (Å²) in [7, 11) is 0. The molecule has 0 heterocycles. The highest BCUT2D eigenvalue weighted by molar-refractivity contribution is 6.30. The normalized spacial score (nSPS) is 11.7. The van der Waals surface area contributed by atoms with Gasteiger partial charge in [0, 0.05) is 16.1 Å². The van der Waals surface area contributed by atoms with Gasteiger partial charge in [0.1, 0.15) is 0 Å². The topological polar surface area (TPSA) is 66.4 Å². The molecule has 2 aromatic rings. The molecule has 5 heteroatoms. The van der Waals surface area contributed by atoms with Crippen LogP contribution in [0.1, 0.15) is 20.7 Å². The van der Waals surface area contributed by atoms with Crippen LogP contribution in [0.15, 0.2) is 54.6 Å². The maximum atomic E-state index is 11.9. The van der Waals surface area contributed by atoms with E-state index in [9.17, 15) is 14.7 Å². The summed E-state index contributed by atoms with van der Waals surface area (Å²) in [5.41, 5.74) is 0.644. The largest absolute Gasteiger partial charge is 0.367 e. The van der Waals surface area contributed by atoms with Crippen LogP contribution < -0.4 is 5.32 Å². The first-order valence-corrected chi connectivity index (χ1v) is 6.29. The average Bonchev–Trinajstić information content (AvgIpc) is 2.48. The Labute approximate surface area is 121 Å². The smallest absolute Gasteiger partial charge is 0.253 e. The average molecular weight is 290 g/mol. The number of halogens is 1. The summed E-state index contributed by atoms with van der Waals surface area (Å²) >= 11 is 5.72. The minimum Gasteiger partial charge on any atom is -0.367 e. The van der Waals surface area contributed by atoms with Crippen molar-refractivity contribution in [3.63, 3.8) is 0 Å². The minimum atomic E-state index is -1.58. The van der Waals surface area contributed by atoms with E-state index >= 15 is 0 Å². The molecule has 20 heavy (non-hydrogen) atoms. The predicted octanol–water partition coefficient (Wildman–Crippen LogP) is 2.27. The number of carbonyl (C=O) groups is 2. The van der Waals surface area contributed by atoms with Gasteiger partial charge >= 0.3 is 0 Å². The molecule has 0 bridgehead atoms. The fourth-order valence-electron chi connectivity index (χ4n) is 1.63. The predicted molar refractivity (Wildman–Crippen MR) is 75.7 cm³/mol. The molecule has 0 aliphatic heterocycles. The molecule has 0 spiro atoms. The lowest BCUT2D eigenvalue weighted by molar-refractivity contribution is 0.0607. The van der Waals surface area contributed by atoms with Gasteiger partial charge < -0.3 is 10.4 Å². The number of hydrogen-bond acceptors (Lipinski definition) is 3. The molecule has 0 radical (unpaired) electrons. The Hall–Kier alpha value is -2.17. The van der Waals surface area contributed by atoms with E-state index in [2.05, 4.69) is 5.32 Å². The molecule has 0 saturated heterocycles. The van der Waals surface area contributed by atoms with E-state index in [1.807, 2.05) is 0 Å². The number of aliphatic hydroxyl groups excluding tert-OH is 1. The zero-order valence-electron chi connectivity index (χ0n) is 10.4. The SMILES string of the molecule is O=C(N[C@H](O)C(=O)c1ccccc1)c1ccc(Cl)cc1. The lowest BCUT2D eigenvalue weighted by Crippen LogP contribution is -2.40. The molecular formula is C15H12ClNO3. The van der Waals surface area contributed by atoms with Crippen molar-refractivity contribution in [2.24, 2.45) is 0 Å². The van der Waals surface area contributed by atoms with Gasteiger partial charge in [-0.05, 0) is 24.3 Å². The summed E-state index contributed by atoms with van der Waals surface area (Å²) in [4.78, 5) is 23.7. The molecule has 102 valence electrons. The van der Waals surface area contributed by atoms with Gasteiger partial charge in [0.25, 0.3) is 5.91 Å². The summed E-state index contributed by atoms with van der Waals surface area (Å²) < 4.78 is 0. The molecule has 0 fully saturated rings. The Morgan fingerprint density at radius 3 is 2.15 bits per heavy atom. The van der Waals surface area contributed by atoms with Crippen molar-refractivity contribution < 1.29 is 14.7 Å². The number of benzene rings is 2. The number of hydrogen-bond donors (Lipinski definition) is 2. The first kappa shape index (κ1) is 14.2. The van der Waals surface area contributed by atoms with E-state index < -0.39 is 17.9 Å². The van der Waals surface area contributed by atoms with Gasteiger partial charge in [-0.15, -0.1) is 0 Å². The first-order chi connectivity index (χ1) is 9.58. The molecule has 1 amide bonds. The monoisotopic (exact) mass is 289 g/mol. The number of Topliss-reactive ketones (excluding diaryl/α,β-unsaturated/α-hetero) is 1. The lowest BCUT2D eigenvalue weighted by atomic mass is 10.1. The van der Waals surface area contributed by atoms with Gasteiger partial charge in [-0.25, -0.2) is 0 Å². The van der Waals surface area contributed by atoms with Crippen molar-refractivity contribution in [3.05, 3.63) is 70.7 Å². The van der Waals surface area contributed by atoms with Gasteiger partial charge in [-0.1, -0.05) is 41.9 Å². The number of aliphatic hydroxyl groups is 1. The lowest BCUT2D eigenvalue weighted by Gasteiger charge is -2.12. The Bertz CT molecular complexity index is 611. The maximum absolute atomic E-state index is 11.9. The van der Waals surface area contributed by atoms with Crippen molar-refractivity contribution in [1.82, 2.24) is 5.32 Å². The Balaban J connectivity index is 2.04. The van der Waals surface area contributed by atoms with Crippen LogP contribution in [0.4, 0.5) is 0 Å². The number of ketones is 1. The van der Waals surface area contributed by atoms with Crippen molar-refractivity contribution in [3.8, 4) is 0 Å². The summed E-state index contributed by atoms with van der Waals surface area (Å²) in [5.74, 6) is -1.11. The molecule has 0 unspecified atom stereocenters. The van der Waals surface area contributed by atoms with Gasteiger partial charge in [0.2, 0.25) is 5.78 Å². The van der Waals surface area contributed by atoms with E-state index in [1.165, 1.54) is 12.1 Å². The summed E-state index contributed by atoms with van der Waals surface area (Å²) in [6, 6.07) is 14.4. The molecule has 1 atom stereocenters. The molecule has 0 aliphatic carbocycles. The highest BCUT2D eigenvalue weighted by Gasteiger charge is 2.19. The van der Waals surface area contributed by atoms with Gasteiger partial charge in [-0.2, -0.15) is 0 Å². The second kappa shape index (κ2) is 6.32. The number of carbonyl (C=O) groups excluding carboxylic acids is 2. The molecular weight excluding hydrogens is 278 g/mol. The van der Waals surface area contributed by atoms with Gasteiger partial charge in [0.05, 0.1) is 0 Å². The third kappa shape index (κ3) is 3.44. The number of amides is 1. The minimum absolute atomic E-state index is 0.314. The maximum Gasteiger partial charge on any atom is 0.253 e. The fourth-order valence-corrected chi connectivity index (χ4v) is 1.76. The van der Waals surface area contributed by atoms with E-state index in [-0.39, 0.29) is 0 Å². The molecule has 2 rings (SSSR count). The van der Waals surface area contributed by atoms with Crippen LogP contribution in [0.25, 0.3) is 0 Å². The Morgan fingerprint density at radius 1 is 0.950 bits per heavy atom. The summed E-state index contributed by atoms with van der Waals surface area (Å²) in [6.07, 6.45) is -1.58. The third-order valence-electron chi connectivity index (χ3n) is 2.68. The third-order valence-corrected chi connectivity index (χ3v) is 2.93. The van der Waals surface area contributed by atoms with E-state index in [1.54, 1.807) is 42.5 Å². The van der Waals surface area contributed by atoms with Crippen LogP contribution in [-0.2, 0) is 0 Å². The van der Waals surface area contributed by atoms with Crippen LogP contribution in [0.5, 0.6) is 0 Å². The van der Waals surface area contributed by atoms with Crippen molar-refractivity contribution >= 4 is 23.3 Å². The molecule has 0 aliphatic rings. The van der Waals surface area contributed by atoms with Crippen molar-refractivity contribution in [2.45, 2.75) is 6.23 Å². The zero-order chi connectivity index (χ0) is 14.5. The zero-order valence-corrected chi connectivity index (χ0v) is 11.2. The Morgan fingerprint density at radius 2 is 1.55 bits per heavy atom. The second-order valence-corrected chi connectivity index (χ2v) is 4.55. The van der Waals surface area contributed by atoms with E-state index in [0.29, 0.717) is 16.1 Å². The highest BCUT2D eigenvalue weighted by Crippen LogP contribution is 2.10. The van der Waals surface area contributed by atoms with Crippen LogP contribution in [0, 0.1) is 0 Å². The first-order valence-electron chi connectivity index (χ1n) is 5.91. The fraction of sp³-hybridized carbons (Fsp3) is 0.0667.